The van der Waals surface area contributed by atoms with Gasteiger partial charge >= 0.3 is 6.09 Å². The number of nitrogens with zero attached hydrogens (tertiary/aromatic N) is 2. The van der Waals surface area contributed by atoms with Gasteiger partial charge in [-0.05, 0) is 82.9 Å². The van der Waals surface area contributed by atoms with Gasteiger partial charge in [0.15, 0.2) is 9.84 Å². The molecule has 0 saturated heterocycles. The third-order valence-corrected chi connectivity index (χ3v) is 9.43. The lowest BCUT2D eigenvalue weighted by atomic mass is 9.81. The molecule has 0 bridgehead atoms. The molecular formula is C26H28ClF2N3O4S. The molecule has 1 fully saturated rings. The summed E-state index contributed by atoms with van der Waals surface area (Å²) in [5.74, 6) is -1.91. The number of aromatic nitrogens is 1. The van der Waals surface area contributed by atoms with Crippen molar-refractivity contribution in [1.82, 2.24) is 10.3 Å². The summed E-state index contributed by atoms with van der Waals surface area (Å²) in [5.41, 5.74) is -2.11. The fourth-order valence-electron chi connectivity index (χ4n) is 4.54. The summed E-state index contributed by atoms with van der Waals surface area (Å²) in [4.78, 5) is 21.1. The summed E-state index contributed by atoms with van der Waals surface area (Å²) in [6, 6.07) is 6.75. The number of carbonyl (C=O) groups excluding carboxylic acids is 1. The maximum absolute atomic E-state index is 15.1. The summed E-state index contributed by atoms with van der Waals surface area (Å²) in [7, 11) is -3.86. The van der Waals surface area contributed by atoms with Gasteiger partial charge in [-0.2, -0.15) is 0 Å². The summed E-state index contributed by atoms with van der Waals surface area (Å²) < 4.78 is 61.0. The highest BCUT2D eigenvalue weighted by Crippen LogP contribution is 2.47. The van der Waals surface area contributed by atoms with Crippen LogP contribution in [0.2, 0.25) is 5.02 Å². The van der Waals surface area contributed by atoms with Crippen molar-refractivity contribution in [2.75, 3.05) is 5.75 Å². The highest BCUT2D eigenvalue weighted by Gasteiger charge is 2.59. The monoisotopic (exact) mass is 551 g/mol. The van der Waals surface area contributed by atoms with E-state index in [1.54, 1.807) is 20.8 Å². The average molecular weight is 552 g/mol. The normalized spacial score (nSPS) is 22.7. The summed E-state index contributed by atoms with van der Waals surface area (Å²) in [6.07, 6.45) is 2.87. The van der Waals surface area contributed by atoms with Crippen molar-refractivity contribution < 1.29 is 26.7 Å². The van der Waals surface area contributed by atoms with E-state index in [9.17, 15) is 17.6 Å². The van der Waals surface area contributed by atoms with Gasteiger partial charge in [-0.3, -0.25) is 15.3 Å². The minimum absolute atomic E-state index is 0.0375. The smallest absolute Gasteiger partial charge is 0.413 e. The molecule has 1 aromatic heterocycles. The second-order valence-corrected chi connectivity index (χ2v) is 13.3. The number of benzene rings is 1. The fraction of sp³-hybridized carbons (Fsp3) is 0.423. The van der Waals surface area contributed by atoms with Gasteiger partial charge in [-0.25, -0.2) is 22.0 Å². The molecule has 1 N–H and O–H groups in total. The number of halogens is 3. The molecule has 0 unspecified atom stereocenters. The molecule has 1 saturated carbocycles. The Morgan fingerprint density at radius 3 is 2.49 bits per heavy atom. The lowest BCUT2D eigenvalue weighted by Gasteiger charge is -2.47. The SMILES string of the molecule is CC(C)(C)OC(=O)NC1=N[C@](C)(c2cc(/C=C(\F)c3ccc(Cl)cn3)ccc2F)CS(=O)(=O)C12CCC2. The molecule has 1 atom stereocenters. The van der Waals surface area contributed by atoms with E-state index in [0.717, 1.165) is 12.1 Å². The number of nitrogens with one attached hydrogen (secondary N) is 1. The van der Waals surface area contributed by atoms with E-state index in [2.05, 4.69) is 15.3 Å². The first-order valence-electron chi connectivity index (χ1n) is 11.8. The van der Waals surface area contributed by atoms with E-state index in [0.29, 0.717) is 24.3 Å². The number of aliphatic imine (C=N–C) groups is 1. The van der Waals surface area contributed by atoms with E-state index in [1.165, 1.54) is 37.4 Å². The molecule has 7 nitrogen and oxygen atoms in total. The molecule has 1 spiro atoms. The third kappa shape index (κ3) is 5.40. The van der Waals surface area contributed by atoms with Crippen molar-refractivity contribution in [1.29, 1.82) is 0 Å². The number of ether oxygens (including phenoxy) is 1. The number of carbonyl (C=O) groups is 1. The van der Waals surface area contributed by atoms with Crippen LogP contribution in [0, 0.1) is 5.82 Å². The van der Waals surface area contributed by atoms with E-state index < -0.39 is 49.2 Å². The molecule has 4 rings (SSSR count). The Morgan fingerprint density at radius 2 is 1.92 bits per heavy atom. The first-order valence-corrected chi connectivity index (χ1v) is 13.8. The zero-order chi connectivity index (χ0) is 27.2. The number of hydrogen-bond donors (Lipinski definition) is 1. The Bertz CT molecular complexity index is 1400. The van der Waals surface area contributed by atoms with Crippen molar-refractivity contribution in [2.24, 2.45) is 4.99 Å². The lowest BCUT2D eigenvalue weighted by Crippen LogP contribution is -2.64. The topological polar surface area (TPSA) is 97.7 Å². The Labute approximate surface area is 219 Å². The second kappa shape index (κ2) is 9.47. The average Bonchev–Trinajstić information content (AvgIpc) is 2.71. The van der Waals surface area contributed by atoms with Gasteiger partial charge in [-0.1, -0.05) is 17.7 Å². The number of amides is 1. The fourth-order valence-corrected chi connectivity index (χ4v) is 7.20. The predicted molar refractivity (Wildman–Crippen MR) is 139 cm³/mol. The van der Waals surface area contributed by atoms with Gasteiger partial charge in [0.2, 0.25) is 0 Å². The largest absolute Gasteiger partial charge is 0.444 e. The van der Waals surface area contributed by atoms with Crippen LogP contribution in [0.4, 0.5) is 13.6 Å². The molecule has 1 aliphatic carbocycles. The Morgan fingerprint density at radius 1 is 1.22 bits per heavy atom. The molecular weight excluding hydrogens is 524 g/mol. The zero-order valence-corrected chi connectivity index (χ0v) is 22.5. The molecule has 198 valence electrons. The molecule has 0 radical (unpaired) electrons. The van der Waals surface area contributed by atoms with Crippen LogP contribution in [0.5, 0.6) is 0 Å². The molecule has 37 heavy (non-hydrogen) atoms. The number of hydrogen-bond acceptors (Lipinski definition) is 6. The maximum atomic E-state index is 15.1. The Balaban J connectivity index is 1.76. The van der Waals surface area contributed by atoms with Crippen LogP contribution in [0.15, 0.2) is 41.5 Å². The zero-order valence-electron chi connectivity index (χ0n) is 20.9. The summed E-state index contributed by atoms with van der Waals surface area (Å²) >= 11 is 5.81. The number of alkyl carbamates (subject to hydrolysis) is 1. The lowest BCUT2D eigenvalue weighted by molar-refractivity contribution is 0.0559. The van der Waals surface area contributed by atoms with Crippen LogP contribution in [-0.2, 0) is 20.1 Å². The number of sulfone groups is 1. The quantitative estimate of drug-likeness (QED) is 0.517. The van der Waals surface area contributed by atoms with Crippen LogP contribution in [0.25, 0.3) is 11.9 Å². The number of pyridine rings is 1. The van der Waals surface area contributed by atoms with Crippen molar-refractivity contribution >= 4 is 45.3 Å². The van der Waals surface area contributed by atoms with Crippen molar-refractivity contribution in [3.63, 3.8) is 0 Å². The van der Waals surface area contributed by atoms with Gasteiger partial charge in [0.1, 0.15) is 33.4 Å². The first kappa shape index (κ1) is 27.2. The standard InChI is InChI=1S/C26H28ClF2N3O4S/c1-24(2,3)36-23(33)31-22-26(10-5-11-26)37(34,35)15-25(4,32-22)18-12-16(6-8-19(18)28)13-20(29)21-9-7-17(27)14-30-21/h6-9,12-14H,5,10-11,15H2,1-4H3,(H,31,32,33)/b20-13-/t25-/m0/s1. The number of rotatable bonds is 3. The van der Waals surface area contributed by atoms with Crippen LogP contribution in [-0.4, -0.2) is 41.4 Å². The highest BCUT2D eigenvalue weighted by atomic mass is 35.5. The van der Waals surface area contributed by atoms with Crippen molar-refractivity contribution in [2.45, 2.75) is 62.8 Å². The molecule has 2 aromatic rings. The van der Waals surface area contributed by atoms with Crippen molar-refractivity contribution in [3.8, 4) is 0 Å². The molecule has 11 heteroatoms. The molecule has 1 amide bonds. The van der Waals surface area contributed by atoms with Gasteiger partial charge in [-0.15, -0.1) is 0 Å². The summed E-state index contributed by atoms with van der Waals surface area (Å²) in [5, 5.41) is 2.89. The molecule has 1 aromatic carbocycles. The van der Waals surface area contributed by atoms with E-state index >= 15 is 4.39 Å². The summed E-state index contributed by atoms with van der Waals surface area (Å²) in [6.45, 7) is 6.53. The second-order valence-electron chi connectivity index (χ2n) is 10.6. The van der Waals surface area contributed by atoms with Gasteiger partial charge in [0.25, 0.3) is 0 Å². The Kier molecular flexibility index (Phi) is 6.96. The van der Waals surface area contributed by atoms with Gasteiger partial charge < -0.3 is 4.74 Å². The van der Waals surface area contributed by atoms with E-state index in [4.69, 9.17) is 16.3 Å². The van der Waals surface area contributed by atoms with Gasteiger partial charge in [0.05, 0.1) is 16.5 Å². The van der Waals surface area contributed by atoms with Crippen LogP contribution < -0.4 is 5.32 Å². The van der Waals surface area contributed by atoms with Crippen LogP contribution >= 0.6 is 11.6 Å². The highest BCUT2D eigenvalue weighted by molar-refractivity contribution is 7.93. The molecule has 1 aliphatic heterocycles. The first-order chi connectivity index (χ1) is 17.1. The van der Waals surface area contributed by atoms with Gasteiger partial charge in [0, 0.05) is 11.8 Å². The van der Waals surface area contributed by atoms with E-state index in [1.807, 2.05) is 0 Å². The number of amidine groups is 1. The maximum Gasteiger partial charge on any atom is 0.413 e. The third-order valence-electron chi connectivity index (χ3n) is 6.47. The Hall–Kier alpha value is -2.85. The molecule has 2 aliphatic rings. The minimum atomic E-state index is -3.86. The van der Waals surface area contributed by atoms with Crippen molar-refractivity contribution in [3.05, 3.63) is 64.2 Å². The van der Waals surface area contributed by atoms with E-state index in [-0.39, 0.29) is 22.7 Å². The minimum Gasteiger partial charge on any atom is -0.444 e. The molecule has 2 heterocycles. The van der Waals surface area contributed by atoms with Crippen LogP contribution in [0.1, 0.15) is 63.8 Å². The van der Waals surface area contributed by atoms with Crippen LogP contribution in [0.3, 0.4) is 0 Å². The predicted octanol–water partition coefficient (Wildman–Crippen LogP) is 5.83.